The molecule has 0 spiro atoms. The Morgan fingerprint density at radius 1 is 1.03 bits per heavy atom. The van der Waals surface area contributed by atoms with Crippen molar-refractivity contribution in [3.05, 3.63) is 74.2 Å². The number of thiazole rings is 1. The van der Waals surface area contributed by atoms with Crippen LogP contribution in [-0.4, -0.2) is 63.8 Å². The number of amides is 3. The number of aryl methyl sites for hydroxylation is 1. The molecule has 3 amide bonds. The first-order valence-corrected chi connectivity index (χ1v) is 14.0. The van der Waals surface area contributed by atoms with Crippen LogP contribution in [0.3, 0.4) is 0 Å². The van der Waals surface area contributed by atoms with Crippen LogP contribution in [0.2, 0.25) is 0 Å². The molecular weight excluding hydrogens is 526 g/mol. The van der Waals surface area contributed by atoms with Gasteiger partial charge in [-0.15, -0.1) is 0 Å². The number of thioether (sulfide) groups is 1. The lowest BCUT2D eigenvalue weighted by atomic mass is 9.82. The first kappa shape index (κ1) is 24.9. The number of aromatic nitrogens is 1. The van der Waals surface area contributed by atoms with Crippen molar-refractivity contribution < 1.29 is 24.2 Å². The Hall–Kier alpha value is -3.41. The van der Waals surface area contributed by atoms with Gasteiger partial charge in [-0.1, -0.05) is 59.0 Å². The lowest BCUT2D eigenvalue weighted by Gasteiger charge is -2.31. The number of nitrogens with zero attached hydrogens (tertiary/aromatic N) is 3. The largest absolute Gasteiger partial charge is 0.508 e. The summed E-state index contributed by atoms with van der Waals surface area (Å²) in [7, 11) is 0. The number of anilines is 1. The highest BCUT2D eigenvalue weighted by atomic mass is 32.2. The maximum absolute atomic E-state index is 13.9. The molecule has 3 aromatic rings. The van der Waals surface area contributed by atoms with E-state index in [9.17, 15) is 24.3 Å². The number of ether oxygens (including phenoxy) is 1. The SMILES string of the molecule is Cc1ccc(N2C(=O)C3Sc4c(sc(=O)n4CC(=O)N4CCOCC4)[C@@H](c4ccccc4O)C3C2=O)cc1. The number of fused-ring (bicyclic) bond motifs is 2. The summed E-state index contributed by atoms with van der Waals surface area (Å²) >= 11 is 2.13. The number of aromatic hydroxyl groups is 1. The van der Waals surface area contributed by atoms with Gasteiger partial charge in [-0.05, 0) is 25.1 Å². The van der Waals surface area contributed by atoms with E-state index in [0.29, 0.717) is 47.5 Å². The van der Waals surface area contributed by atoms with Crippen LogP contribution in [0.1, 0.15) is 21.9 Å². The summed E-state index contributed by atoms with van der Waals surface area (Å²) in [5, 5.41) is 10.5. The zero-order valence-electron chi connectivity index (χ0n) is 20.5. The van der Waals surface area contributed by atoms with Crippen LogP contribution >= 0.6 is 23.1 Å². The summed E-state index contributed by atoms with van der Waals surface area (Å²) in [6, 6.07) is 13.9. The molecular formula is C27H25N3O6S2. The van der Waals surface area contributed by atoms with E-state index < -0.39 is 17.1 Å². The number of rotatable bonds is 4. The Morgan fingerprint density at radius 3 is 2.45 bits per heavy atom. The van der Waals surface area contributed by atoms with Gasteiger partial charge in [-0.25, -0.2) is 4.90 Å². The molecule has 0 saturated carbocycles. The maximum Gasteiger partial charge on any atom is 0.308 e. The number of benzene rings is 2. The van der Waals surface area contributed by atoms with Crippen LogP contribution in [0, 0.1) is 12.8 Å². The molecule has 11 heteroatoms. The predicted molar refractivity (Wildman–Crippen MR) is 143 cm³/mol. The highest BCUT2D eigenvalue weighted by molar-refractivity contribution is 8.00. The Balaban J connectivity index is 1.45. The first-order valence-electron chi connectivity index (χ1n) is 12.3. The summed E-state index contributed by atoms with van der Waals surface area (Å²) < 4.78 is 6.75. The third-order valence-corrected chi connectivity index (χ3v) is 9.87. The third kappa shape index (κ3) is 4.05. The van der Waals surface area contributed by atoms with Crippen molar-refractivity contribution in [1.82, 2.24) is 9.47 Å². The van der Waals surface area contributed by atoms with Crippen LogP contribution in [0.15, 0.2) is 58.4 Å². The van der Waals surface area contributed by atoms with Gasteiger partial charge in [-0.3, -0.25) is 23.7 Å². The van der Waals surface area contributed by atoms with Crippen LogP contribution in [0.4, 0.5) is 5.69 Å². The fraction of sp³-hybridized carbons (Fsp3) is 0.333. The van der Waals surface area contributed by atoms with Gasteiger partial charge >= 0.3 is 4.87 Å². The normalized spacial score (nSPS) is 22.9. The van der Waals surface area contributed by atoms with Crippen LogP contribution in [0.5, 0.6) is 5.75 Å². The zero-order chi connectivity index (χ0) is 26.6. The molecule has 0 aliphatic carbocycles. The Morgan fingerprint density at radius 2 is 1.74 bits per heavy atom. The highest BCUT2D eigenvalue weighted by Crippen LogP contribution is 2.55. The van der Waals surface area contributed by atoms with E-state index in [1.54, 1.807) is 35.2 Å². The van der Waals surface area contributed by atoms with Gasteiger partial charge in [-0.2, -0.15) is 0 Å². The maximum atomic E-state index is 13.9. The molecule has 2 aromatic carbocycles. The lowest BCUT2D eigenvalue weighted by Crippen LogP contribution is -2.43. The van der Waals surface area contributed by atoms with E-state index in [2.05, 4.69) is 0 Å². The predicted octanol–water partition coefficient (Wildman–Crippen LogP) is 2.58. The lowest BCUT2D eigenvalue weighted by molar-refractivity contribution is -0.136. The zero-order valence-corrected chi connectivity index (χ0v) is 22.2. The molecule has 1 aromatic heterocycles. The van der Waals surface area contributed by atoms with Crippen molar-refractivity contribution in [2.75, 3.05) is 31.2 Å². The molecule has 0 radical (unpaired) electrons. The molecule has 196 valence electrons. The van der Waals surface area contributed by atoms with Crippen LogP contribution in [0.25, 0.3) is 0 Å². The van der Waals surface area contributed by atoms with E-state index in [4.69, 9.17) is 4.74 Å². The van der Waals surface area contributed by atoms with E-state index in [1.807, 2.05) is 19.1 Å². The number of phenols is 1. The van der Waals surface area contributed by atoms with Gasteiger partial charge in [0, 0.05) is 29.4 Å². The standard InChI is InChI=1S/C27H25N3O6S2/c1-15-6-8-16(9-7-15)30-24(33)21-20(17-4-2-3-5-18(17)31)23-26(37-22(21)25(30)34)29(27(35)38-23)14-19(32)28-10-12-36-13-11-28/h2-9,20-22,31H,10-14H2,1H3/t20-,21?,22?/m0/s1. The summed E-state index contributed by atoms with van der Waals surface area (Å²) in [6.45, 7) is 3.57. The molecule has 9 nitrogen and oxygen atoms in total. The second-order valence-electron chi connectivity index (χ2n) is 9.56. The molecule has 4 heterocycles. The van der Waals surface area contributed by atoms with E-state index in [0.717, 1.165) is 16.9 Å². The van der Waals surface area contributed by atoms with Gasteiger partial charge in [0.1, 0.15) is 17.5 Å². The van der Waals surface area contributed by atoms with Crippen molar-refractivity contribution in [1.29, 1.82) is 0 Å². The Kier molecular flexibility index (Phi) is 6.37. The summed E-state index contributed by atoms with van der Waals surface area (Å²) in [4.78, 5) is 57.0. The quantitative estimate of drug-likeness (QED) is 0.497. The molecule has 3 aliphatic heterocycles. The molecule has 38 heavy (non-hydrogen) atoms. The molecule has 1 N–H and O–H groups in total. The molecule has 2 fully saturated rings. The smallest absolute Gasteiger partial charge is 0.308 e. The number of hydrogen-bond donors (Lipinski definition) is 1. The fourth-order valence-corrected chi connectivity index (χ4v) is 8.10. The van der Waals surface area contributed by atoms with Gasteiger partial charge in [0.25, 0.3) is 0 Å². The minimum Gasteiger partial charge on any atom is -0.508 e. The van der Waals surface area contributed by atoms with Crippen molar-refractivity contribution in [3.63, 3.8) is 0 Å². The van der Waals surface area contributed by atoms with Crippen molar-refractivity contribution in [3.8, 4) is 5.75 Å². The number of hydrogen-bond acceptors (Lipinski definition) is 8. The summed E-state index contributed by atoms with van der Waals surface area (Å²) in [6.07, 6.45) is 0. The average molecular weight is 552 g/mol. The number of imide groups is 1. The van der Waals surface area contributed by atoms with Crippen LogP contribution in [-0.2, 0) is 25.7 Å². The van der Waals surface area contributed by atoms with Crippen LogP contribution < -0.4 is 9.77 Å². The number of morpholine rings is 1. The first-order chi connectivity index (χ1) is 18.3. The number of para-hydroxylation sites is 1. The number of carbonyl (C=O) groups is 3. The minimum absolute atomic E-state index is 0.0140. The van der Waals surface area contributed by atoms with E-state index >= 15 is 0 Å². The van der Waals surface area contributed by atoms with E-state index in [1.165, 1.54) is 27.3 Å². The van der Waals surface area contributed by atoms with Crippen molar-refractivity contribution >= 4 is 46.5 Å². The molecule has 2 saturated heterocycles. The Labute approximate surface area is 226 Å². The highest BCUT2D eigenvalue weighted by Gasteiger charge is 2.57. The summed E-state index contributed by atoms with van der Waals surface area (Å²) in [5.74, 6) is -2.47. The fourth-order valence-electron chi connectivity index (χ4n) is 5.34. The molecule has 3 atom stereocenters. The average Bonchev–Trinajstić information content (AvgIpc) is 3.36. The third-order valence-electron chi connectivity index (χ3n) is 7.27. The van der Waals surface area contributed by atoms with E-state index in [-0.39, 0.29) is 34.9 Å². The molecule has 2 unspecified atom stereocenters. The topological polar surface area (TPSA) is 109 Å². The van der Waals surface area contributed by atoms with Gasteiger partial charge in [0.2, 0.25) is 17.7 Å². The minimum atomic E-state index is -0.809. The summed E-state index contributed by atoms with van der Waals surface area (Å²) in [5.41, 5.74) is 1.96. The monoisotopic (exact) mass is 551 g/mol. The molecule has 0 bridgehead atoms. The molecule has 6 rings (SSSR count). The molecule has 3 aliphatic rings. The second-order valence-corrected chi connectivity index (χ2v) is 11.7. The van der Waals surface area contributed by atoms with Crippen molar-refractivity contribution in [2.24, 2.45) is 5.92 Å². The number of phenolic OH excluding ortho intramolecular Hbond substituents is 1. The Bertz CT molecular complexity index is 1490. The van der Waals surface area contributed by atoms with Gasteiger partial charge in [0.15, 0.2) is 0 Å². The number of carbonyl (C=O) groups excluding carboxylic acids is 3. The van der Waals surface area contributed by atoms with Crippen molar-refractivity contribution in [2.45, 2.75) is 29.7 Å². The second kappa shape index (κ2) is 9.72. The van der Waals surface area contributed by atoms with Gasteiger partial charge < -0.3 is 14.7 Å². The van der Waals surface area contributed by atoms with Gasteiger partial charge in [0.05, 0.1) is 29.8 Å².